The molecule has 2 aliphatic heterocycles. The van der Waals surface area contributed by atoms with Crippen LogP contribution in [0.15, 0.2) is 0 Å². The predicted molar refractivity (Wildman–Crippen MR) is 45.0 cm³/mol. The monoisotopic (exact) mass is 169 g/mol. The van der Waals surface area contributed by atoms with E-state index in [-0.39, 0.29) is 6.04 Å². The van der Waals surface area contributed by atoms with E-state index < -0.39 is 5.97 Å². The van der Waals surface area contributed by atoms with Gasteiger partial charge < -0.3 is 5.11 Å². The van der Waals surface area contributed by atoms with Crippen LogP contribution in [0.1, 0.15) is 32.1 Å². The Hall–Kier alpha value is -0.570. The Kier molecular flexibility index (Phi) is 2.05. The van der Waals surface area contributed by atoms with E-state index in [0.29, 0.717) is 6.04 Å². The molecule has 0 bridgehead atoms. The van der Waals surface area contributed by atoms with Gasteiger partial charge >= 0.3 is 5.97 Å². The molecule has 68 valence electrons. The Morgan fingerprint density at radius 3 is 2.75 bits per heavy atom. The van der Waals surface area contributed by atoms with Gasteiger partial charge in [-0.3, -0.25) is 9.69 Å². The third kappa shape index (κ3) is 1.22. The van der Waals surface area contributed by atoms with E-state index in [9.17, 15) is 4.79 Å². The number of carboxylic acids is 1. The molecule has 1 unspecified atom stereocenters. The Labute approximate surface area is 72.4 Å². The Balaban J connectivity index is 2.08. The molecule has 2 saturated heterocycles. The summed E-state index contributed by atoms with van der Waals surface area (Å²) in [7, 11) is 0. The van der Waals surface area contributed by atoms with Crippen molar-refractivity contribution in [2.24, 2.45) is 0 Å². The Morgan fingerprint density at radius 2 is 2.00 bits per heavy atom. The molecule has 12 heavy (non-hydrogen) atoms. The molecular weight excluding hydrogens is 154 g/mol. The summed E-state index contributed by atoms with van der Waals surface area (Å²) < 4.78 is 0. The van der Waals surface area contributed by atoms with Gasteiger partial charge in [0, 0.05) is 6.04 Å². The van der Waals surface area contributed by atoms with Crippen molar-refractivity contribution in [1.29, 1.82) is 0 Å². The number of hydrogen-bond donors (Lipinski definition) is 1. The molecule has 0 spiro atoms. The molecule has 2 fully saturated rings. The quantitative estimate of drug-likeness (QED) is 0.638. The number of aliphatic carboxylic acids is 1. The molecule has 2 aliphatic rings. The highest BCUT2D eigenvalue weighted by Gasteiger charge is 2.37. The lowest BCUT2D eigenvalue weighted by atomic mass is 9.97. The first kappa shape index (κ1) is 8.05. The lowest BCUT2D eigenvalue weighted by Crippen LogP contribution is -2.46. The maximum absolute atomic E-state index is 10.9. The molecule has 0 aliphatic carbocycles. The van der Waals surface area contributed by atoms with Crippen LogP contribution in [-0.4, -0.2) is 34.6 Å². The standard InChI is InChI=1S/C9H15NO2/c11-9(12)8-5-1-3-7-4-2-6-10(7)8/h7-8H,1-6H2,(H,11,12)/t7?,8-/m1/s1. The highest BCUT2D eigenvalue weighted by atomic mass is 16.4. The summed E-state index contributed by atoms with van der Waals surface area (Å²) in [4.78, 5) is 13.0. The van der Waals surface area contributed by atoms with E-state index in [1.54, 1.807) is 0 Å². The van der Waals surface area contributed by atoms with Crippen LogP contribution in [0.2, 0.25) is 0 Å². The third-order valence-corrected chi connectivity index (χ3v) is 3.12. The molecule has 1 N–H and O–H groups in total. The van der Waals surface area contributed by atoms with Gasteiger partial charge in [0.05, 0.1) is 0 Å². The van der Waals surface area contributed by atoms with E-state index in [1.807, 2.05) is 0 Å². The van der Waals surface area contributed by atoms with E-state index in [2.05, 4.69) is 4.90 Å². The van der Waals surface area contributed by atoms with Gasteiger partial charge in [-0.25, -0.2) is 0 Å². The van der Waals surface area contributed by atoms with Crippen LogP contribution in [0.25, 0.3) is 0 Å². The van der Waals surface area contributed by atoms with Gasteiger partial charge in [-0.1, -0.05) is 0 Å². The second kappa shape index (κ2) is 3.05. The first-order valence-corrected chi connectivity index (χ1v) is 4.77. The lowest BCUT2D eigenvalue weighted by molar-refractivity contribution is -0.145. The minimum absolute atomic E-state index is 0.175. The van der Waals surface area contributed by atoms with Crippen LogP contribution in [0.5, 0.6) is 0 Å². The lowest BCUT2D eigenvalue weighted by Gasteiger charge is -2.34. The Bertz CT molecular complexity index is 193. The van der Waals surface area contributed by atoms with Gasteiger partial charge in [0.25, 0.3) is 0 Å². The first-order chi connectivity index (χ1) is 5.79. The normalized spacial score (nSPS) is 36.3. The summed E-state index contributed by atoms with van der Waals surface area (Å²) >= 11 is 0. The van der Waals surface area contributed by atoms with E-state index >= 15 is 0 Å². The first-order valence-electron chi connectivity index (χ1n) is 4.77. The fourth-order valence-electron chi connectivity index (χ4n) is 2.56. The van der Waals surface area contributed by atoms with E-state index in [4.69, 9.17) is 5.11 Å². The van der Waals surface area contributed by atoms with Gasteiger partial charge in [0.15, 0.2) is 0 Å². The average molecular weight is 169 g/mol. The molecule has 0 aromatic heterocycles. The number of carboxylic acid groups (broad SMARTS) is 1. The van der Waals surface area contributed by atoms with Crippen molar-refractivity contribution in [1.82, 2.24) is 4.90 Å². The van der Waals surface area contributed by atoms with E-state index in [1.165, 1.54) is 19.3 Å². The molecule has 3 nitrogen and oxygen atoms in total. The van der Waals surface area contributed by atoms with Gasteiger partial charge in [-0.15, -0.1) is 0 Å². The Morgan fingerprint density at radius 1 is 1.25 bits per heavy atom. The van der Waals surface area contributed by atoms with Crippen molar-refractivity contribution in [3.63, 3.8) is 0 Å². The summed E-state index contributed by atoms with van der Waals surface area (Å²) in [6.45, 7) is 1.00. The van der Waals surface area contributed by atoms with Crippen molar-refractivity contribution in [3.8, 4) is 0 Å². The summed E-state index contributed by atoms with van der Waals surface area (Å²) in [5.74, 6) is -0.624. The number of rotatable bonds is 1. The maximum atomic E-state index is 10.9. The van der Waals surface area contributed by atoms with Crippen LogP contribution in [0, 0.1) is 0 Å². The van der Waals surface area contributed by atoms with Crippen LogP contribution in [0.3, 0.4) is 0 Å². The fourth-order valence-corrected chi connectivity index (χ4v) is 2.56. The van der Waals surface area contributed by atoms with Crippen LogP contribution >= 0.6 is 0 Å². The zero-order valence-electron chi connectivity index (χ0n) is 7.20. The van der Waals surface area contributed by atoms with Crippen LogP contribution in [0.4, 0.5) is 0 Å². The molecular formula is C9H15NO2. The summed E-state index contributed by atoms with van der Waals surface area (Å²) in [6, 6.07) is 0.408. The average Bonchev–Trinajstić information content (AvgIpc) is 2.49. The van der Waals surface area contributed by atoms with Crippen molar-refractivity contribution >= 4 is 5.97 Å². The molecule has 0 aromatic carbocycles. The van der Waals surface area contributed by atoms with Crippen LogP contribution < -0.4 is 0 Å². The zero-order chi connectivity index (χ0) is 8.55. The summed E-state index contributed by atoms with van der Waals surface area (Å²) in [5.41, 5.74) is 0. The molecule has 2 rings (SSSR count). The minimum Gasteiger partial charge on any atom is -0.480 e. The summed E-state index contributed by atoms with van der Waals surface area (Å²) in [6.07, 6.45) is 5.56. The van der Waals surface area contributed by atoms with Crippen molar-refractivity contribution in [3.05, 3.63) is 0 Å². The fraction of sp³-hybridized carbons (Fsp3) is 0.889. The second-order valence-electron chi connectivity index (χ2n) is 3.82. The summed E-state index contributed by atoms with van der Waals surface area (Å²) in [5, 5.41) is 8.94. The van der Waals surface area contributed by atoms with Crippen LogP contribution in [-0.2, 0) is 4.79 Å². The predicted octanol–water partition coefficient (Wildman–Crippen LogP) is 1.09. The highest BCUT2D eigenvalue weighted by Crippen LogP contribution is 2.30. The van der Waals surface area contributed by atoms with E-state index in [0.717, 1.165) is 19.4 Å². The van der Waals surface area contributed by atoms with Crippen molar-refractivity contribution < 1.29 is 9.90 Å². The van der Waals surface area contributed by atoms with Gasteiger partial charge in [-0.2, -0.15) is 0 Å². The number of carbonyl (C=O) groups is 1. The SMILES string of the molecule is O=C(O)[C@H]1CCCC2CCCN21. The molecule has 0 radical (unpaired) electrons. The molecule has 0 amide bonds. The molecule has 0 saturated carbocycles. The van der Waals surface area contributed by atoms with Gasteiger partial charge in [0.1, 0.15) is 6.04 Å². The maximum Gasteiger partial charge on any atom is 0.320 e. The minimum atomic E-state index is -0.624. The smallest absolute Gasteiger partial charge is 0.320 e. The molecule has 2 heterocycles. The van der Waals surface area contributed by atoms with Gasteiger partial charge in [-0.05, 0) is 38.6 Å². The molecule has 0 aromatic rings. The topological polar surface area (TPSA) is 40.5 Å². The number of piperidine rings is 1. The van der Waals surface area contributed by atoms with Gasteiger partial charge in [0.2, 0.25) is 0 Å². The number of nitrogens with zero attached hydrogens (tertiary/aromatic N) is 1. The highest BCUT2D eigenvalue weighted by molar-refractivity contribution is 5.73. The second-order valence-corrected chi connectivity index (χ2v) is 3.82. The van der Waals surface area contributed by atoms with Crippen molar-refractivity contribution in [2.75, 3.05) is 6.54 Å². The number of hydrogen-bond acceptors (Lipinski definition) is 2. The zero-order valence-corrected chi connectivity index (χ0v) is 7.20. The third-order valence-electron chi connectivity index (χ3n) is 3.12. The molecule has 2 atom stereocenters. The molecule has 3 heteroatoms. The number of fused-ring (bicyclic) bond motifs is 1. The van der Waals surface area contributed by atoms with Crippen molar-refractivity contribution in [2.45, 2.75) is 44.2 Å². The largest absolute Gasteiger partial charge is 0.480 e.